The largest absolute Gasteiger partial charge is 0.443 e. The van der Waals surface area contributed by atoms with Gasteiger partial charge in [-0.1, -0.05) is 45.0 Å². The first-order chi connectivity index (χ1) is 13.7. The minimum Gasteiger partial charge on any atom is -0.443 e. The molecule has 2 unspecified atom stereocenters. The molecule has 1 fully saturated rings. The molecule has 0 spiro atoms. The van der Waals surface area contributed by atoms with Crippen LogP contribution in [0.25, 0.3) is 11.3 Å². The standard InChI is InChI=1S/C22H30N4O3/c1-14-18(29-13-25-14)16-9-7-15(8-10-16)12-24-20(27)17-6-5-11-26(17)21(28)19(23)22(2,3)4/h7-10,13,17,19H,5-6,11-12,23H2,1-4H3,(H,24,27). The molecule has 29 heavy (non-hydrogen) atoms. The number of nitrogens with two attached hydrogens (primary N) is 1. The topological polar surface area (TPSA) is 101 Å². The van der Waals surface area contributed by atoms with Crippen LogP contribution in [0.2, 0.25) is 0 Å². The van der Waals surface area contributed by atoms with Crippen LogP contribution in [0.15, 0.2) is 35.1 Å². The van der Waals surface area contributed by atoms with Crippen LogP contribution in [0.4, 0.5) is 0 Å². The maximum absolute atomic E-state index is 12.8. The van der Waals surface area contributed by atoms with Crippen LogP contribution in [0.5, 0.6) is 0 Å². The summed E-state index contributed by atoms with van der Waals surface area (Å²) in [5, 5.41) is 2.96. The molecule has 1 saturated heterocycles. The molecular weight excluding hydrogens is 368 g/mol. The average Bonchev–Trinajstić information content (AvgIpc) is 3.33. The number of amides is 2. The number of likely N-dealkylation sites (tertiary alicyclic amines) is 1. The number of carbonyl (C=O) groups excluding carboxylic acids is 2. The smallest absolute Gasteiger partial charge is 0.243 e. The summed E-state index contributed by atoms with van der Waals surface area (Å²) >= 11 is 0. The van der Waals surface area contributed by atoms with Crippen LogP contribution in [0, 0.1) is 12.3 Å². The van der Waals surface area contributed by atoms with E-state index in [2.05, 4.69) is 10.3 Å². The zero-order chi connectivity index (χ0) is 21.2. The highest BCUT2D eigenvalue weighted by molar-refractivity contribution is 5.90. The molecule has 1 aliphatic rings. The fourth-order valence-corrected chi connectivity index (χ4v) is 3.51. The molecule has 0 saturated carbocycles. The monoisotopic (exact) mass is 398 g/mol. The lowest BCUT2D eigenvalue weighted by Gasteiger charge is -2.32. The van der Waals surface area contributed by atoms with Crippen molar-refractivity contribution >= 4 is 11.8 Å². The number of nitrogens with one attached hydrogen (secondary N) is 1. The fourth-order valence-electron chi connectivity index (χ4n) is 3.51. The van der Waals surface area contributed by atoms with Crippen molar-refractivity contribution in [3.8, 4) is 11.3 Å². The van der Waals surface area contributed by atoms with Gasteiger partial charge in [0.1, 0.15) is 6.04 Å². The summed E-state index contributed by atoms with van der Waals surface area (Å²) in [6.07, 6.45) is 2.91. The van der Waals surface area contributed by atoms with Gasteiger partial charge in [0.15, 0.2) is 12.2 Å². The van der Waals surface area contributed by atoms with Gasteiger partial charge in [0.2, 0.25) is 11.8 Å². The Balaban J connectivity index is 1.60. The zero-order valence-electron chi connectivity index (χ0n) is 17.6. The van der Waals surface area contributed by atoms with Crippen molar-refractivity contribution in [2.75, 3.05) is 6.54 Å². The van der Waals surface area contributed by atoms with Gasteiger partial charge in [-0.25, -0.2) is 4.98 Å². The molecule has 1 aliphatic heterocycles. The number of benzene rings is 1. The molecule has 156 valence electrons. The van der Waals surface area contributed by atoms with E-state index in [0.717, 1.165) is 29.0 Å². The summed E-state index contributed by atoms with van der Waals surface area (Å²) in [7, 11) is 0. The van der Waals surface area contributed by atoms with Gasteiger partial charge < -0.3 is 20.4 Å². The van der Waals surface area contributed by atoms with Crippen molar-refractivity contribution in [3.05, 3.63) is 41.9 Å². The third-order valence-corrected chi connectivity index (χ3v) is 5.47. The second-order valence-corrected chi connectivity index (χ2v) is 8.71. The number of hydrogen-bond acceptors (Lipinski definition) is 5. The van der Waals surface area contributed by atoms with Crippen molar-refractivity contribution in [2.24, 2.45) is 11.1 Å². The summed E-state index contributed by atoms with van der Waals surface area (Å²) in [4.78, 5) is 31.2. The number of oxazole rings is 1. The van der Waals surface area contributed by atoms with E-state index in [1.165, 1.54) is 6.39 Å². The van der Waals surface area contributed by atoms with E-state index in [1.54, 1.807) is 4.90 Å². The third kappa shape index (κ3) is 4.67. The number of carbonyl (C=O) groups is 2. The van der Waals surface area contributed by atoms with E-state index < -0.39 is 12.1 Å². The maximum Gasteiger partial charge on any atom is 0.243 e. The van der Waals surface area contributed by atoms with Crippen LogP contribution in [-0.2, 0) is 16.1 Å². The molecule has 0 aliphatic carbocycles. The molecule has 3 rings (SSSR count). The lowest BCUT2D eigenvalue weighted by molar-refractivity contribution is -0.141. The predicted molar refractivity (Wildman–Crippen MR) is 111 cm³/mol. The SMILES string of the molecule is Cc1ncoc1-c1ccc(CNC(=O)C2CCCN2C(=O)C(N)C(C)(C)C)cc1. The number of rotatable bonds is 5. The molecule has 1 aromatic carbocycles. The van der Waals surface area contributed by atoms with Crippen molar-refractivity contribution in [3.63, 3.8) is 0 Å². The van der Waals surface area contributed by atoms with Gasteiger partial charge in [0.05, 0.1) is 11.7 Å². The van der Waals surface area contributed by atoms with Gasteiger partial charge >= 0.3 is 0 Å². The first-order valence-corrected chi connectivity index (χ1v) is 10.0. The Morgan fingerprint density at radius 3 is 2.59 bits per heavy atom. The van der Waals surface area contributed by atoms with Gasteiger partial charge in [-0.2, -0.15) is 0 Å². The van der Waals surface area contributed by atoms with Gasteiger partial charge in [-0.3, -0.25) is 9.59 Å². The molecule has 2 atom stereocenters. The molecule has 1 aromatic heterocycles. The summed E-state index contributed by atoms with van der Waals surface area (Å²) in [5.74, 6) is 0.463. The van der Waals surface area contributed by atoms with Crippen molar-refractivity contribution < 1.29 is 14.0 Å². The Morgan fingerprint density at radius 2 is 2.00 bits per heavy atom. The maximum atomic E-state index is 12.8. The van der Waals surface area contributed by atoms with E-state index in [-0.39, 0.29) is 17.2 Å². The average molecular weight is 399 g/mol. The van der Waals surface area contributed by atoms with Gasteiger partial charge in [0.25, 0.3) is 0 Å². The van der Waals surface area contributed by atoms with Crippen molar-refractivity contribution in [1.82, 2.24) is 15.2 Å². The molecular formula is C22H30N4O3. The van der Waals surface area contributed by atoms with E-state index in [0.29, 0.717) is 19.5 Å². The lowest BCUT2D eigenvalue weighted by Crippen LogP contribution is -2.54. The van der Waals surface area contributed by atoms with Crippen LogP contribution in [0.1, 0.15) is 44.9 Å². The fraction of sp³-hybridized carbons (Fsp3) is 0.500. The molecule has 2 amide bonds. The highest BCUT2D eigenvalue weighted by atomic mass is 16.3. The Kier molecular flexibility index (Phi) is 6.07. The minimum atomic E-state index is -0.622. The first kappa shape index (κ1) is 21.0. The van der Waals surface area contributed by atoms with E-state index in [1.807, 2.05) is 52.0 Å². The number of nitrogens with zero attached hydrogens (tertiary/aromatic N) is 2. The highest BCUT2D eigenvalue weighted by Gasteiger charge is 2.39. The van der Waals surface area contributed by atoms with E-state index >= 15 is 0 Å². The quantitative estimate of drug-likeness (QED) is 0.806. The lowest BCUT2D eigenvalue weighted by atomic mass is 9.86. The summed E-state index contributed by atoms with van der Waals surface area (Å²) in [6.45, 7) is 8.68. The Hall–Kier alpha value is -2.67. The van der Waals surface area contributed by atoms with E-state index in [9.17, 15) is 9.59 Å². The molecule has 7 heteroatoms. The summed E-state index contributed by atoms with van der Waals surface area (Å²) < 4.78 is 5.40. The predicted octanol–water partition coefficient (Wildman–Crippen LogP) is 2.63. The number of aryl methyl sites for hydroxylation is 1. The number of hydrogen-bond donors (Lipinski definition) is 2. The Morgan fingerprint density at radius 1 is 1.31 bits per heavy atom. The third-order valence-electron chi connectivity index (χ3n) is 5.47. The van der Waals surface area contributed by atoms with E-state index in [4.69, 9.17) is 10.2 Å². The highest BCUT2D eigenvalue weighted by Crippen LogP contribution is 2.25. The molecule has 7 nitrogen and oxygen atoms in total. The second kappa shape index (κ2) is 8.37. The van der Waals surface area contributed by atoms with Crippen molar-refractivity contribution in [2.45, 2.75) is 59.2 Å². The van der Waals surface area contributed by atoms with Crippen molar-refractivity contribution in [1.29, 1.82) is 0 Å². The molecule has 0 bridgehead atoms. The van der Waals surface area contributed by atoms with Gasteiger partial charge in [-0.05, 0) is 30.7 Å². The number of aromatic nitrogens is 1. The van der Waals surface area contributed by atoms with Crippen LogP contribution in [-0.4, -0.2) is 40.3 Å². The molecule has 2 heterocycles. The molecule has 2 aromatic rings. The van der Waals surface area contributed by atoms with Crippen LogP contribution in [0.3, 0.4) is 0 Å². The Labute approximate surface area is 171 Å². The van der Waals surface area contributed by atoms with Gasteiger partial charge in [-0.15, -0.1) is 0 Å². The first-order valence-electron chi connectivity index (χ1n) is 10.0. The normalized spacial score (nSPS) is 18.0. The van der Waals surface area contributed by atoms with Crippen LogP contribution < -0.4 is 11.1 Å². The zero-order valence-corrected chi connectivity index (χ0v) is 17.6. The minimum absolute atomic E-state index is 0.132. The molecule has 0 radical (unpaired) electrons. The van der Waals surface area contributed by atoms with Crippen LogP contribution >= 0.6 is 0 Å². The molecule has 3 N–H and O–H groups in total. The second-order valence-electron chi connectivity index (χ2n) is 8.71. The summed E-state index contributed by atoms with van der Waals surface area (Å²) in [6, 6.07) is 6.72. The Bertz CT molecular complexity index is 867. The summed E-state index contributed by atoms with van der Waals surface area (Å²) in [5.41, 5.74) is 8.54. The van der Waals surface area contributed by atoms with Gasteiger partial charge in [0, 0.05) is 18.7 Å².